The van der Waals surface area contributed by atoms with E-state index in [0.29, 0.717) is 18.3 Å². The van der Waals surface area contributed by atoms with Gasteiger partial charge in [-0.3, -0.25) is 9.59 Å². The van der Waals surface area contributed by atoms with E-state index in [1.807, 2.05) is 35.2 Å². The molecular formula is C21H32ClN3O2. The van der Waals surface area contributed by atoms with Crippen molar-refractivity contribution in [1.82, 2.24) is 10.2 Å². The molecule has 1 N–H and O–H groups in total. The Morgan fingerprint density at radius 2 is 1.89 bits per heavy atom. The molecule has 2 amide bonds. The van der Waals surface area contributed by atoms with E-state index in [9.17, 15) is 9.59 Å². The highest BCUT2D eigenvalue weighted by atomic mass is 35.5. The zero-order valence-electron chi connectivity index (χ0n) is 16.4. The lowest BCUT2D eigenvalue weighted by Crippen LogP contribution is -2.53. The van der Waals surface area contributed by atoms with Crippen LogP contribution in [-0.2, 0) is 9.59 Å². The number of nitrogens with zero attached hydrogens (tertiary/aromatic N) is 2. The van der Waals surface area contributed by atoms with E-state index in [4.69, 9.17) is 0 Å². The number of halogens is 1. The van der Waals surface area contributed by atoms with E-state index in [1.165, 1.54) is 0 Å². The molecule has 0 aliphatic carbocycles. The summed E-state index contributed by atoms with van der Waals surface area (Å²) in [7, 11) is 1.80. The number of benzene rings is 1. The van der Waals surface area contributed by atoms with Gasteiger partial charge in [-0.15, -0.1) is 12.4 Å². The fraction of sp³-hybridized carbons (Fsp3) is 0.619. The Kier molecular flexibility index (Phi) is 8.11. The van der Waals surface area contributed by atoms with Crippen molar-refractivity contribution in [2.45, 2.75) is 45.1 Å². The Hall–Kier alpha value is -1.59. The molecule has 3 rings (SSSR count). The average molecular weight is 394 g/mol. The number of carbonyl (C=O) groups is 2. The van der Waals surface area contributed by atoms with Crippen LogP contribution in [0.1, 0.15) is 39.0 Å². The summed E-state index contributed by atoms with van der Waals surface area (Å²) in [4.78, 5) is 29.3. The summed E-state index contributed by atoms with van der Waals surface area (Å²) in [6.45, 7) is 5.01. The molecule has 2 aliphatic heterocycles. The molecule has 0 radical (unpaired) electrons. The maximum atomic E-state index is 13.0. The van der Waals surface area contributed by atoms with Gasteiger partial charge in [0.05, 0.1) is 0 Å². The summed E-state index contributed by atoms with van der Waals surface area (Å²) in [5.74, 6) is 1.13. The SMILES string of the molecule is CC(CC(=O)N(C)C1CCCN(c2ccccc2)C1=O)C1CCNCC1.Cl. The number of anilines is 1. The van der Waals surface area contributed by atoms with E-state index in [0.717, 1.165) is 51.0 Å². The highest BCUT2D eigenvalue weighted by Crippen LogP contribution is 2.27. The number of piperidine rings is 2. The summed E-state index contributed by atoms with van der Waals surface area (Å²) >= 11 is 0. The van der Waals surface area contributed by atoms with Crippen LogP contribution in [0, 0.1) is 11.8 Å². The van der Waals surface area contributed by atoms with Crippen LogP contribution in [0.25, 0.3) is 0 Å². The quantitative estimate of drug-likeness (QED) is 0.836. The largest absolute Gasteiger partial charge is 0.334 e. The van der Waals surface area contributed by atoms with Gasteiger partial charge in [-0.1, -0.05) is 25.1 Å². The lowest BCUT2D eigenvalue weighted by molar-refractivity contribution is -0.139. The van der Waals surface area contributed by atoms with Crippen LogP contribution in [0.5, 0.6) is 0 Å². The Morgan fingerprint density at radius 1 is 1.22 bits per heavy atom. The number of nitrogens with one attached hydrogen (secondary N) is 1. The standard InChI is InChI=1S/C21H31N3O2.ClH/c1-16(17-10-12-22-13-11-17)15-20(25)23(2)19-9-6-14-24(21(19)26)18-7-4-3-5-8-18;/h3-5,7-8,16-17,19,22H,6,9-15H2,1-2H3;1H. The highest BCUT2D eigenvalue weighted by Gasteiger charge is 2.35. The molecule has 1 aromatic rings. The van der Waals surface area contributed by atoms with E-state index in [1.54, 1.807) is 11.9 Å². The van der Waals surface area contributed by atoms with Crippen LogP contribution in [-0.4, -0.2) is 49.4 Å². The smallest absolute Gasteiger partial charge is 0.249 e. The van der Waals surface area contributed by atoms with Gasteiger partial charge < -0.3 is 15.1 Å². The number of carbonyl (C=O) groups excluding carboxylic acids is 2. The second-order valence-corrected chi connectivity index (χ2v) is 7.76. The monoisotopic (exact) mass is 393 g/mol. The minimum atomic E-state index is -0.336. The lowest BCUT2D eigenvalue weighted by Gasteiger charge is -2.37. The number of amides is 2. The molecule has 1 aromatic carbocycles. The first kappa shape index (κ1) is 21.7. The third-order valence-corrected chi connectivity index (χ3v) is 6.02. The van der Waals surface area contributed by atoms with Gasteiger partial charge in [-0.25, -0.2) is 0 Å². The minimum absolute atomic E-state index is 0. The molecule has 0 spiro atoms. The molecule has 27 heavy (non-hydrogen) atoms. The Balaban J connectivity index is 0.00000261. The zero-order valence-corrected chi connectivity index (χ0v) is 17.2. The van der Waals surface area contributed by atoms with Crippen LogP contribution in [0.15, 0.2) is 30.3 Å². The fourth-order valence-electron chi connectivity index (χ4n) is 4.25. The summed E-state index contributed by atoms with van der Waals surface area (Å²) in [5.41, 5.74) is 0.922. The van der Waals surface area contributed by atoms with Crippen molar-refractivity contribution in [3.8, 4) is 0 Å². The lowest BCUT2D eigenvalue weighted by atomic mass is 9.84. The van der Waals surface area contributed by atoms with Gasteiger partial charge in [-0.2, -0.15) is 0 Å². The first-order chi connectivity index (χ1) is 12.6. The average Bonchev–Trinajstić information content (AvgIpc) is 2.69. The Morgan fingerprint density at radius 3 is 2.56 bits per heavy atom. The number of para-hydroxylation sites is 1. The Bertz CT molecular complexity index is 619. The highest BCUT2D eigenvalue weighted by molar-refractivity contribution is 5.99. The molecule has 2 aliphatic rings. The second-order valence-electron chi connectivity index (χ2n) is 7.76. The summed E-state index contributed by atoms with van der Waals surface area (Å²) in [5, 5.41) is 3.38. The molecule has 2 fully saturated rings. The molecule has 150 valence electrons. The summed E-state index contributed by atoms with van der Waals surface area (Å²) in [6.07, 6.45) is 4.50. The van der Waals surface area contributed by atoms with Crippen LogP contribution >= 0.6 is 12.4 Å². The first-order valence-electron chi connectivity index (χ1n) is 9.90. The van der Waals surface area contributed by atoms with Gasteiger partial charge in [0.15, 0.2) is 0 Å². The molecule has 0 aromatic heterocycles. The first-order valence-corrected chi connectivity index (χ1v) is 9.90. The number of likely N-dealkylation sites (N-methyl/N-ethyl adjacent to an activating group) is 1. The van der Waals surface area contributed by atoms with Crippen LogP contribution in [0.3, 0.4) is 0 Å². The van der Waals surface area contributed by atoms with Crippen molar-refractivity contribution in [3.05, 3.63) is 30.3 Å². The molecular weight excluding hydrogens is 362 g/mol. The number of hydrogen-bond acceptors (Lipinski definition) is 3. The predicted molar refractivity (Wildman–Crippen MR) is 111 cm³/mol. The topological polar surface area (TPSA) is 52.7 Å². The second kappa shape index (κ2) is 10.1. The van der Waals surface area contributed by atoms with Gasteiger partial charge in [-0.05, 0) is 62.7 Å². The predicted octanol–water partition coefficient (Wildman–Crippen LogP) is 3.09. The van der Waals surface area contributed by atoms with Gasteiger partial charge in [0, 0.05) is 25.7 Å². The van der Waals surface area contributed by atoms with Crippen molar-refractivity contribution in [2.24, 2.45) is 11.8 Å². The van der Waals surface area contributed by atoms with Crippen LogP contribution < -0.4 is 10.2 Å². The summed E-state index contributed by atoms with van der Waals surface area (Å²) < 4.78 is 0. The molecule has 2 atom stereocenters. The van der Waals surface area contributed by atoms with Crippen molar-refractivity contribution in [1.29, 1.82) is 0 Å². The molecule has 5 nitrogen and oxygen atoms in total. The third kappa shape index (κ3) is 5.23. The van der Waals surface area contributed by atoms with Gasteiger partial charge in [0.2, 0.25) is 11.8 Å². The van der Waals surface area contributed by atoms with E-state index >= 15 is 0 Å². The van der Waals surface area contributed by atoms with Crippen molar-refractivity contribution in [3.63, 3.8) is 0 Å². The minimum Gasteiger partial charge on any atom is -0.334 e. The molecule has 2 unspecified atom stereocenters. The van der Waals surface area contributed by atoms with Gasteiger partial charge >= 0.3 is 0 Å². The molecule has 2 heterocycles. The number of hydrogen-bond donors (Lipinski definition) is 1. The van der Waals surface area contributed by atoms with E-state index < -0.39 is 0 Å². The van der Waals surface area contributed by atoms with E-state index in [-0.39, 0.29) is 30.3 Å². The maximum absolute atomic E-state index is 13.0. The fourth-order valence-corrected chi connectivity index (χ4v) is 4.25. The molecule has 2 saturated heterocycles. The van der Waals surface area contributed by atoms with Crippen molar-refractivity contribution in [2.75, 3.05) is 31.6 Å². The Labute approximate surface area is 168 Å². The van der Waals surface area contributed by atoms with Gasteiger partial charge in [0.25, 0.3) is 0 Å². The van der Waals surface area contributed by atoms with Crippen molar-refractivity contribution >= 4 is 29.9 Å². The van der Waals surface area contributed by atoms with Crippen LogP contribution in [0.4, 0.5) is 5.69 Å². The number of rotatable bonds is 5. The van der Waals surface area contributed by atoms with Crippen LogP contribution in [0.2, 0.25) is 0 Å². The molecule has 0 bridgehead atoms. The van der Waals surface area contributed by atoms with Crippen molar-refractivity contribution < 1.29 is 9.59 Å². The third-order valence-electron chi connectivity index (χ3n) is 6.02. The van der Waals surface area contributed by atoms with E-state index in [2.05, 4.69) is 12.2 Å². The van der Waals surface area contributed by atoms with Gasteiger partial charge in [0.1, 0.15) is 6.04 Å². The molecule has 0 saturated carbocycles. The normalized spacial score (nSPS) is 22.1. The maximum Gasteiger partial charge on any atom is 0.249 e. The zero-order chi connectivity index (χ0) is 18.5. The summed E-state index contributed by atoms with van der Waals surface area (Å²) in [6, 6.07) is 9.43. The molecule has 6 heteroatoms.